The SMILES string of the molecule is CC[C@@H](C)c1ccc([C@@H](NCC(=O)NC2(C#N)CCCC2)c2cccs2)cc1. The monoisotopic (exact) mass is 395 g/mol. The highest BCUT2D eigenvalue weighted by molar-refractivity contribution is 7.10. The number of amides is 1. The minimum absolute atomic E-state index is 0.0293. The van der Waals surface area contributed by atoms with Gasteiger partial charge in [-0.1, -0.05) is 44.2 Å². The summed E-state index contributed by atoms with van der Waals surface area (Å²) in [7, 11) is 0. The number of carbonyl (C=O) groups is 1. The lowest BCUT2D eigenvalue weighted by molar-refractivity contribution is -0.121. The van der Waals surface area contributed by atoms with Crippen molar-refractivity contribution >= 4 is 17.2 Å². The van der Waals surface area contributed by atoms with Gasteiger partial charge in [-0.3, -0.25) is 10.1 Å². The average Bonchev–Trinajstić information content (AvgIpc) is 3.41. The molecule has 1 aliphatic rings. The van der Waals surface area contributed by atoms with Crippen LogP contribution in [-0.4, -0.2) is 18.0 Å². The molecule has 1 aromatic carbocycles. The maximum atomic E-state index is 12.5. The summed E-state index contributed by atoms with van der Waals surface area (Å²) in [6.07, 6.45) is 4.62. The fraction of sp³-hybridized carbons (Fsp3) is 0.478. The van der Waals surface area contributed by atoms with Gasteiger partial charge in [0.2, 0.25) is 5.91 Å². The molecule has 1 aliphatic carbocycles. The summed E-state index contributed by atoms with van der Waals surface area (Å²) < 4.78 is 0. The number of nitrogens with zero attached hydrogens (tertiary/aromatic N) is 1. The van der Waals surface area contributed by atoms with Crippen molar-refractivity contribution in [1.82, 2.24) is 10.6 Å². The molecule has 5 heteroatoms. The zero-order valence-corrected chi connectivity index (χ0v) is 17.5. The van der Waals surface area contributed by atoms with Gasteiger partial charge in [-0.25, -0.2) is 0 Å². The van der Waals surface area contributed by atoms with Gasteiger partial charge >= 0.3 is 0 Å². The first kappa shape index (κ1) is 20.6. The van der Waals surface area contributed by atoms with Crippen LogP contribution < -0.4 is 10.6 Å². The van der Waals surface area contributed by atoms with Crippen molar-refractivity contribution in [3.8, 4) is 6.07 Å². The Morgan fingerprint density at radius 2 is 1.89 bits per heavy atom. The molecule has 3 rings (SSSR count). The topological polar surface area (TPSA) is 64.9 Å². The lowest BCUT2D eigenvalue weighted by Crippen LogP contribution is -2.48. The minimum atomic E-state index is -0.671. The molecule has 2 atom stereocenters. The molecule has 2 aromatic rings. The van der Waals surface area contributed by atoms with Gasteiger partial charge in [-0.15, -0.1) is 11.3 Å². The Labute approximate surface area is 172 Å². The van der Waals surface area contributed by atoms with Gasteiger partial charge < -0.3 is 5.32 Å². The number of benzene rings is 1. The van der Waals surface area contributed by atoms with E-state index >= 15 is 0 Å². The van der Waals surface area contributed by atoms with Crippen molar-refractivity contribution in [2.45, 2.75) is 63.5 Å². The fourth-order valence-electron chi connectivity index (χ4n) is 3.84. The van der Waals surface area contributed by atoms with Crippen LogP contribution in [-0.2, 0) is 4.79 Å². The Morgan fingerprint density at radius 1 is 1.21 bits per heavy atom. The highest BCUT2D eigenvalue weighted by Crippen LogP contribution is 2.30. The van der Waals surface area contributed by atoms with Gasteiger partial charge in [0.05, 0.1) is 18.7 Å². The van der Waals surface area contributed by atoms with E-state index in [9.17, 15) is 10.1 Å². The second kappa shape index (κ2) is 9.36. The second-order valence-electron chi connectivity index (χ2n) is 7.75. The van der Waals surface area contributed by atoms with E-state index in [2.05, 4.69) is 66.3 Å². The average molecular weight is 396 g/mol. The van der Waals surface area contributed by atoms with E-state index in [1.54, 1.807) is 11.3 Å². The largest absolute Gasteiger partial charge is 0.337 e. The van der Waals surface area contributed by atoms with Crippen LogP contribution in [0.5, 0.6) is 0 Å². The van der Waals surface area contributed by atoms with Crippen LogP contribution in [0.1, 0.15) is 73.9 Å². The number of hydrogen-bond donors (Lipinski definition) is 2. The van der Waals surface area contributed by atoms with Gasteiger partial charge in [0.1, 0.15) is 5.54 Å². The van der Waals surface area contributed by atoms with E-state index < -0.39 is 5.54 Å². The van der Waals surface area contributed by atoms with Crippen molar-refractivity contribution < 1.29 is 4.79 Å². The Kier molecular flexibility index (Phi) is 6.88. The third kappa shape index (κ3) is 4.81. The number of nitrogens with one attached hydrogen (secondary N) is 2. The summed E-state index contributed by atoms with van der Waals surface area (Å²) in [6, 6.07) is 15.1. The molecule has 148 valence electrons. The van der Waals surface area contributed by atoms with Crippen molar-refractivity contribution in [3.63, 3.8) is 0 Å². The fourth-order valence-corrected chi connectivity index (χ4v) is 4.67. The zero-order valence-electron chi connectivity index (χ0n) is 16.7. The second-order valence-corrected chi connectivity index (χ2v) is 8.73. The molecule has 28 heavy (non-hydrogen) atoms. The van der Waals surface area contributed by atoms with Crippen LogP contribution in [0.15, 0.2) is 41.8 Å². The normalized spacial score (nSPS) is 17.6. The summed E-state index contributed by atoms with van der Waals surface area (Å²) in [5.74, 6) is 0.433. The number of nitriles is 1. The third-order valence-electron chi connectivity index (χ3n) is 5.80. The predicted octanol–water partition coefficient (Wildman–Crippen LogP) is 4.89. The third-order valence-corrected chi connectivity index (χ3v) is 6.73. The minimum Gasteiger partial charge on any atom is -0.337 e. The van der Waals surface area contributed by atoms with Gasteiger partial charge in [-0.05, 0) is 60.6 Å². The summed E-state index contributed by atoms with van der Waals surface area (Å²) in [4.78, 5) is 13.7. The molecule has 1 fully saturated rings. The number of hydrogen-bond acceptors (Lipinski definition) is 4. The molecular formula is C23H29N3OS. The van der Waals surface area contributed by atoms with Crippen molar-refractivity contribution in [2.24, 2.45) is 0 Å². The molecule has 1 amide bonds. The van der Waals surface area contributed by atoms with Crippen LogP contribution in [0, 0.1) is 11.3 Å². The highest BCUT2D eigenvalue weighted by Gasteiger charge is 2.35. The lowest BCUT2D eigenvalue weighted by Gasteiger charge is -2.24. The summed E-state index contributed by atoms with van der Waals surface area (Å²) in [5.41, 5.74) is 1.82. The molecule has 0 saturated heterocycles. The van der Waals surface area contributed by atoms with E-state index in [-0.39, 0.29) is 18.5 Å². The zero-order chi connectivity index (χ0) is 20.0. The first-order valence-electron chi connectivity index (χ1n) is 10.2. The number of rotatable bonds is 8. The lowest BCUT2D eigenvalue weighted by atomic mass is 9.95. The molecule has 0 radical (unpaired) electrons. The summed E-state index contributed by atoms with van der Waals surface area (Å²) in [6.45, 7) is 4.63. The van der Waals surface area contributed by atoms with Crippen LogP contribution >= 0.6 is 11.3 Å². The molecule has 4 nitrogen and oxygen atoms in total. The molecule has 2 N–H and O–H groups in total. The standard InChI is InChI=1S/C23H29N3OS/c1-3-17(2)18-8-10-19(11-9-18)22(20-7-6-14-28-20)25-15-21(27)26-23(16-24)12-4-5-13-23/h6-11,14,17,22,25H,3-5,12-13,15H2,1-2H3,(H,26,27)/t17-,22-/m1/s1. The molecule has 0 aliphatic heterocycles. The van der Waals surface area contributed by atoms with E-state index in [0.717, 1.165) is 37.7 Å². The first-order chi connectivity index (χ1) is 13.6. The van der Waals surface area contributed by atoms with Gasteiger partial charge in [-0.2, -0.15) is 5.26 Å². The van der Waals surface area contributed by atoms with E-state index in [1.807, 2.05) is 6.07 Å². The maximum Gasteiger partial charge on any atom is 0.235 e. The Bertz CT molecular complexity index is 801. The summed E-state index contributed by atoms with van der Waals surface area (Å²) >= 11 is 1.68. The Hall–Kier alpha value is -2.16. The number of carbonyl (C=O) groups excluding carboxylic acids is 1. The van der Waals surface area contributed by atoms with Crippen molar-refractivity contribution in [1.29, 1.82) is 5.26 Å². The Balaban J connectivity index is 1.69. The summed E-state index contributed by atoms with van der Waals surface area (Å²) in [5, 5.41) is 17.9. The van der Waals surface area contributed by atoms with Crippen LogP contribution in [0.4, 0.5) is 0 Å². The first-order valence-corrected chi connectivity index (χ1v) is 11.0. The van der Waals surface area contributed by atoms with Crippen molar-refractivity contribution in [2.75, 3.05) is 6.54 Å². The van der Waals surface area contributed by atoms with Crippen LogP contribution in [0.2, 0.25) is 0 Å². The quantitative estimate of drug-likeness (QED) is 0.668. The Morgan fingerprint density at radius 3 is 2.46 bits per heavy atom. The van der Waals surface area contributed by atoms with Crippen molar-refractivity contribution in [3.05, 3.63) is 57.8 Å². The maximum absolute atomic E-state index is 12.5. The smallest absolute Gasteiger partial charge is 0.235 e. The highest BCUT2D eigenvalue weighted by atomic mass is 32.1. The molecular weight excluding hydrogens is 366 g/mol. The van der Waals surface area contributed by atoms with E-state index in [4.69, 9.17) is 0 Å². The number of thiophene rings is 1. The molecule has 0 unspecified atom stereocenters. The van der Waals surface area contributed by atoms with Gasteiger partial charge in [0.15, 0.2) is 0 Å². The van der Waals surface area contributed by atoms with Crippen LogP contribution in [0.25, 0.3) is 0 Å². The molecule has 0 spiro atoms. The van der Waals surface area contributed by atoms with Gasteiger partial charge in [0.25, 0.3) is 0 Å². The van der Waals surface area contributed by atoms with Crippen LogP contribution in [0.3, 0.4) is 0 Å². The molecule has 1 heterocycles. The van der Waals surface area contributed by atoms with Gasteiger partial charge in [0, 0.05) is 4.88 Å². The molecule has 0 bridgehead atoms. The predicted molar refractivity (Wildman–Crippen MR) is 114 cm³/mol. The van der Waals surface area contributed by atoms with E-state index in [1.165, 1.54) is 10.4 Å². The molecule has 1 saturated carbocycles. The molecule has 1 aromatic heterocycles. The van der Waals surface area contributed by atoms with E-state index in [0.29, 0.717) is 5.92 Å².